The van der Waals surface area contributed by atoms with Crippen LogP contribution in [0.3, 0.4) is 0 Å². The molecule has 0 bridgehead atoms. The van der Waals surface area contributed by atoms with Gasteiger partial charge in [-0.15, -0.1) is 0 Å². The molecule has 0 aliphatic rings. The van der Waals surface area contributed by atoms with Crippen LogP contribution in [0.5, 0.6) is 5.75 Å². The molecule has 3 rings (SSSR count). The van der Waals surface area contributed by atoms with Gasteiger partial charge < -0.3 is 4.74 Å². The van der Waals surface area contributed by atoms with Crippen LogP contribution in [0.25, 0.3) is 10.6 Å². The number of anilines is 1. The van der Waals surface area contributed by atoms with E-state index in [9.17, 15) is 4.79 Å². The summed E-state index contributed by atoms with van der Waals surface area (Å²) in [5, 5.41) is 3.33. The molecule has 2 aromatic heterocycles. The van der Waals surface area contributed by atoms with Crippen molar-refractivity contribution in [2.24, 2.45) is 0 Å². The zero-order chi connectivity index (χ0) is 16.9. The molecule has 1 N–H and O–H groups in total. The quantitative estimate of drug-likeness (QED) is 0.767. The van der Waals surface area contributed by atoms with E-state index in [0.717, 1.165) is 21.8 Å². The third-order valence-corrected chi connectivity index (χ3v) is 4.49. The highest BCUT2D eigenvalue weighted by Crippen LogP contribution is 2.31. The van der Waals surface area contributed by atoms with E-state index in [2.05, 4.69) is 15.3 Å². The molecule has 6 heteroatoms. The van der Waals surface area contributed by atoms with Gasteiger partial charge in [0.25, 0.3) is 5.91 Å². The number of amides is 1. The zero-order valence-corrected chi connectivity index (χ0v) is 14.3. The molecule has 0 fully saturated rings. The van der Waals surface area contributed by atoms with Crippen LogP contribution in [0.2, 0.25) is 0 Å². The lowest BCUT2D eigenvalue weighted by Gasteiger charge is -2.07. The number of carbonyl (C=O) groups excluding carboxylic acids is 1. The fourth-order valence-electron chi connectivity index (χ4n) is 2.20. The average Bonchev–Trinajstić information content (AvgIpc) is 2.95. The third-order valence-electron chi connectivity index (χ3n) is 3.39. The molecule has 1 amide bonds. The van der Waals surface area contributed by atoms with Gasteiger partial charge in [0.2, 0.25) is 0 Å². The first-order valence-corrected chi connectivity index (χ1v) is 8.32. The summed E-state index contributed by atoms with van der Waals surface area (Å²) in [5.41, 5.74) is 2.69. The van der Waals surface area contributed by atoms with E-state index < -0.39 is 0 Å². The van der Waals surface area contributed by atoms with Crippen LogP contribution >= 0.6 is 11.3 Å². The minimum atomic E-state index is -0.237. The number of hydrogen-bond acceptors (Lipinski definition) is 5. The highest BCUT2D eigenvalue weighted by molar-refractivity contribution is 7.19. The van der Waals surface area contributed by atoms with E-state index in [4.69, 9.17) is 4.74 Å². The van der Waals surface area contributed by atoms with Crippen molar-refractivity contribution < 1.29 is 9.53 Å². The Hall–Kier alpha value is -2.73. The van der Waals surface area contributed by atoms with Crippen molar-refractivity contribution in [2.75, 3.05) is 11.9 Å². The lowest BCUT2D eigenvalue weighted by atomic mass is 10.2. The Morgan fingerprint density at radius 3 is 2.71 bits per heavy atom. The van der Waals surface area contributed by atoms with Gasteiger partial charge in [0.05, 0.1) is 16.3 Å². The van der Waals surface area contributed by atoms with Crippen LogP contribution in [-0.4, -0.2) is 22.5 Å². The van der Waals surface area contributed by atoms with Crippen molar-refractivity contribution in [1.29, 1.82) is 0 Å². The molecule has 5 nitrogen and oxygen atoms in total. The number of benzene rings is 1. The molecule has 0 atom stereocenters. The minimum Gasteiger partial charge on any atom is -0.483 e. The number of para-hydroxylation sites is 1. The molecule has 0 aliphatic heterocycles. The first-order valence-electron chi connectivity index (χ1n) is 7.50. The molecule has 0 saturated carbocycles. The summed E-state index contributed by atoms with van der Waals surface area (Å²) in [6.45, 7) is 3.79. The lowest BCUT2D eigenvalue weighted by Crippen LogP contribution is -2.20. The van der Waals surface area contributed by atoms with E-state index >= 15 is 0 Å². The van der Waals surface area contributed by atoms with Crippen molar-refractivity contribution in [1.82, 2.24) is 9.97 Å². The summed E-state index contributed by atoms with van der Waals surface area (Å²) >= 11 is 1.40. The zero-order valence-electron chi connectivity index (χ0n) is 13.4. The number of nitrogens with zero attached hydrogens (tertiary/aromatic N) is 2. The number of pyridine rings is 1. The van der Waals surface area contributed by atoms with Crippen LogP contribution in [0, 0.1) is 13.8 Å². The predicted molar refractivity (Wildman–Crippen MR) is 95.4 cm³/mol. The van der Waals surface area contributed by atoms with Gasteiger partial charge in [-0.2, -0.15) is 0 Å². The van der Waals surface area contributed by atoms with Gasteiger partial charge in [0, 0.05) is 6.20 Å². The Labute approximate surface area is 144 Å². The van der Waals surface area contributed by atoms with Gasteiger partial charge in [-0.3, -0.25) is 15.1 Å². The number of hydrogen-bond donors (Lipinski definition) is 1. The number of nitrogens with one attached hydrogen (secondary N) is 1. The van der Waals surface area contributed by atoms with Crippen molar-refractivity contribution in [3.63, 3.8) is 0 Å². The molecule has 0 saturated heterocycles. The largest absolute Gasteiger partial charge is 0.483 e. The van der Waals surface area contributed by atoms with Gasteiger partial charge in [0.1, 0.15) is 5.75 Å². The Kier molecular flexibility index (Phi) is 4.86. The first kappa shape index (κ1) is 16.1. The lowest BCUT2D eigenvalue weighted by molar-refractivity contribution is -0.118. The van der Waals surface area contributed by atoms with E-state index in [-0.39, 0.29) is 12.5 Å². The summed E-state index contributed by atoms with van der Waals surface area (Å²) in [7, 11) is 0. The van der Waals surface area contributed by atoms with E-state index in [1.54, 1.807) is 6.20 Å². The Morgan fingerprint density at radius 2 is 1.96 bits per heavy atom. The maximum Gasteiger partial charge on any atom is 0.264 e. The second-order valence-electron chi connectivity index (χ2n) is 5.25. The van der Waals surface area contributed by atoms with E-state index in [1.807, 2.05) is 56.3 Å². The third kappa shape index (κ3) is 3.78. The molecule has 2 heterocycles. The van der Waals surface area contributed by atoms with Crippen molar-refractivity contribution in [3.05, 3.63) is 59.9 Å². The standard InChI is InChI=1S/C18H17N3O2S/c1-12-7-3-4-9-15(12)23-11-16(22)21-18-20-13(2)17(24-18)14-8-5-6-10-19-14/h3-10H,11H2,1-2H3,(H,20,21,22). The SMILES string of the molecule is Cc1ccccc1OCC(=O)Nc1nc(C)c(-c2ccccn2)s1. The fourth-order valence-corrected chi connectivity index (χ4v) is 3.16. The van der Waals surface area contributed by atoms with Crippen molar-refractivity contribution in [2.45, 2.75) is 13.8 Å². The Morgan fingerprint density at radius 1 is 1.17 bits per heavy atom. The van der Waals surface area contributed by atoms with Gasteiger partial charge in [-0.05, 0) is 37.6 Å². The summed E-state index contributed by atoms with van der Waals surface area (Å²) in [4.78, 5) is 21.7. The summed E-state index contributed by atoms with van der Waals surface area (Å²) in [6.07, 6.45) is 1.74. The molecule has 24 heavy (non-hydrogen) atoms. The molecule has 1 aromatic carbocycles. The summed E-state index contributed by atoms with van der Waals surface area (Å²) in [6, 6.07) is 13.3. The maximum atomic E-state index is 12.1. The number of aryl methyl sites for hydroxylation is 2. The van der Waals surface area contributed by atoms with Crippen LogP contribution in [0.15, 0.2) is 48.7 Å². The molecule has 0 unspecified atom stereocenters. The highest BCUT2D eigenvalue weighted by Gasteiger charge is 2.13. The number of rotatable bonds is 5. The molecule has 0 aliphatic carbocycles. The molecule has 3 aromatic rings. The average molecular weight is 339 g/mol. The normalized spacial score (nSPS) is 10.4. The van der Waals surface area contributed by atoms with Gasteiger partial charge >= 0.3 is 0 Å². The number of ether oxygens (including phenoxy) is 1. The number of thiazole rings is 1. The van der Waals surface area contributed by atoms with Crippen molar-refractivity contribution in [3.8, 4) is 16.3 Å². The van der Waals surface area contributed by atoms with Gasteiger partial charge in [-0.25, -0.2) is 4.98 Å². The van der Waals surface area contributed by atoms with Crippen LogP contribution in [0.4, 0.5) is 5.13 Å². The van der Waals surface area contributed by atoms with Gasteiger partial charge in [0.15, 0.2) is 11.7 Å². The number of aromatic nitrogens is 2. The molecular weight excluding hydrogens is 322 g/mol. The topological polar surface area (TPSA) is 64.1 Å². The van der Waals surface area contributed by atoms with Gasteiger partial charge in [-0.1, -0.05) is 35.6 Å². The maximum absolute atomic E-state index is 12.1. The molecule has 122 valence electrons. The fraction of sp³-hybridized carbons (Fsp3) is 0.167. The molecule has 0 spiro atoms. The van der Waals surface area contributed by atoms with Crippen molar-refractivity contribution >= 4 is 22.4 Å². The number of carbonyl (C=O) groups is 1. The Bertz CT molecular complexity index is 846. The minimum absolute atomic E-state index is 0.0532. The predicted octanol–water partition coefficient (Wildman–Crippen LogP) is 3.84. The second kappa shape index (κ2) is 7.23. The summed E-state index contributed by atoms with van der Waals surface area (Å²) in [5.74, 6) is 0.469. The first-order chi connectivity index (χ1) is 11.6. The Balaban J connectivity index is 1.64. The summed E-state index contributed by atoms with van der Waals surface area (Å²) < 4.78 is 5.54. The van der Waals surface area contributed by atoms with Crippen LogP contribution in [-0.2, 0) is 4.79 Å². The van der Waals surface area contributed by atoms with Crippen LogP contribution in [0.1, 0.15) is 11.3 Å². The van der Waals surface area contributed by atoms with E-state index in [0.29, 0.717) is 10.9 Å². The van der Waals surface area contributed by atoms with Crippen LogP contribution < -0.4 is 10.1 Å². The monoisotopic (exact) mass is 339 g/mol. The second-order valence-corrected chi connectivity index (χ2v) is 6.25. The molecule has 0 radical (unpaired) electrons. The molecular formula is C18H17N3O2S. The highest BCUT2D eigenvalue weighted by atomic mass is 32.1. The smallest absolute Gasteiger partial charge is 0.264 e. The van der Waals surface area contributed by atoms with E-state index in [1.165, 1.54) is 11.3 Å².